The Labute approximate surface area is 106 Å². The van der Waals surface area contributed by atoms with E-state index >= 15 is 0 Å². The highest BCUT2D eigenvalue weighted by Gasteiger charge is 2.08. The van der Waals surface area contributed by atoms with Gasteiger partial charge in [-0.2, -0.15) is 0 Å². The lowest BCUT2D eigenvalue weighted by Crippen LogP contribution is -2.16. The summed E-state index contributed by atoms with van der Waals surface area (Å²) in [7, 11) is 0. The van der Waals surface area contributed by atoms with Crippen LogP contribution in [0.25, 0.3) is 0 Å². The summed E-state index contributed by atoms with van der Waals surface area (Å²) in [5.74, 6) is -0.352. The van der Waals surface area contributed by atoms with Crippen molar-refractivity contribution in [3.05, 3.63) is 63.0 Å². The van der Waals surface area contributed by atoms with E-state index < -0.39 is 0 Å². The van der Waals surface area contributed by atoms with Gasteiger partial charge in [-0.15, -0.1) is 0 Å². The highest BCUT2D eigenvalue weighted by atomic mass is 79.9. The molecule has 5 heteroatoms. The first-order valence-electron chi connectivity index (χ1n) is 4.91. The fraction of sp³-hybridized carbons (Fsp3) is 0. The molecule has 1 aromatic carbocycles. The predicted octanol–water partition coefficient (Wildman–Crippen LogP) is 2.39. The zero-order chi connectivity index (χ0) is 12.3. The van der Waals surface area contributed by atoms with Gasteiger partial charge in [-0.1, -0.05) is 12.1 Å². The first-order valence-corrected chi connectivity index (χ1v) is 5.71. The summed E-state index contributed by atoms with van der Waals surface area (Å²) >= 11 is 3.33. The number of aromatic amines is 1. The number of carbonyl (C=O) groups excluding carboxylic acids is 1. The summed E-state index contributed by atoms with van der Waals surface area (Å²) in [6, 6.07) is 9.87. The van der Waals surface area contributed by atoms with Crippen molar-refractivity contribution in [3.8, 4) is 0 Å². The first kappa shape index (κ1) is 11.6. The summed E-state index contributed by atoms with van der Waals surface area (Å²) in [4.78, 5) is 25.6. The Hall–Kier alpha value is -1.88. The van der Waals surface area contributed by atoms with Gasteiger partial charge in [-0.25, -0.2) is 0 Å². The number of hydrogen-bond donors (Lipinski definition) is 2. The first-order chi connectivity index (χ1) is 8.16. The monoisotopic (exact) mass is 292 g/mol. The number of H-pyrrole nitrogens is 1. The Kier molecular flexibility index (Phi) is 3.39. The van der Waals surface area contributed by atoms with E-state index in [9.17, 15) is 9.59 Å². The van der Waals surface area contributed by atoms with E-state index in [2.05, 4.69) is 26.2 Å². The summed E-state index contributed by atoms with van der Waals surface area (Å²) < 4.78 is 0.784. The van der Waals surface area contributed by atoms with Crippen molar-refractivity contribution in [2.75, 3.05) is 5.32 Å². The van der Waals surface area contributed by atoms with E-state index in [-0.39, 0.29) is 17.0 Å². The van der Waals surface area contributed by atoms with Crippen molar-refractivity contribution in [3.63, 3.8) is 0 Å². The van der Waals surface area contributed by atoms with E-state index in [0.717, 1.165) is 4.47 Å². The maximum absolute atomic E-state index is 11.8. The molecule has 0 aliphatic rings. The van der Waals surface area contributed by atoms with Gasteiger partial charge in [0.2, 0.25) is 0 Å². The topological polar surface area (TPSA) is 62.0 Å². The highest BCUT2D eigenvalue weighted by Crippen LogP contribution is 2.21. The second-order valence-corrected chi connectivity index (χ2v) is 4.23. The Morgan fingerprint density at radius 1 is 1.24 bits per heavy atom. The lowest BCUT2D eigenvalue weighted by atomic mass is 10.3. The van der Waals surface area contributed by atoms with Crippen molar-refractivity contribution in [2.45, 2.75) is 0 Å². The third kappa shape index (κ3) is 2.82. The highest BCUT2D eigenvalue weighted by molar-refractivity contribution is 9.10. The molecule has 1 aromatic heterocycles. The molecule has 0 radical (unpaired) electrons. The molecular formula is C12H9BrN2O2. The number of rotatable bonds is 2. The summed E-state index contributed by atoms with van der Waals surface area (Å²) in [5.41, 5.74) is 0.677. The maximum Gasteiger partial charge on any atom is 0.272 e. The fourth-order valence-corrected chi connectivity index (χ4v) is 1.71. The van der Waals surface area contributed by atoms with Gasteiger partial charge in [-0.05, 0) is 28.1 Å². The van der Waals surface area contributed by atoms with Crippen LogP contribution in [0, 0.1) is 0 Å². The molecule has 0 saturated heterocycles. The fourth-order valence-electron chi connectivity index (χ4n) is 1.33. The molecule has 2 rings (SSSR count). The molecule has 0 aliphatic carbocycles. The van der Waals surface area contributed by atoms with Crippen molar-refractivity contribution in [1.29, 1.82) is 0 Å². The lowest BCUT2D eigenvalue weighted by Gasteiger charge is -2.06. The van der Waals surface area contributed by atoms with Crippen LogP contribution < -0.4 is 10.7 Å². The van der Waals surface area contributed by atoms with Crippen molar-refractivity contribution < 1.29 is 4.79 Å². The number of carbonyl (C=O) groups is 1. The van der Waals surface area contributed by atoms with Crippen LogP contribution in [0.3, 0.4) is 0 Å². The van der Waals surface area contributed by atoms with Crippen LogP contribution in [-0.2, 0) is 0 Å². The molecule has 17 heavy (non-hydrogen) atoms. The average Bonchev–Trinajstić information content (AvgIpc) is 2.32. The molecule has 1 amide bonds. The Morgan fingerprint density at radius 3 is 2.71 bits per heavy atom. The molecule has 86 valence electrons. The molecule has 0 bridgehead atoms. The van der Waals surface area contributed by atoms with Crippen LogP contribution in [0.15, 0.2) is 51.9 Å². The third-order valence-corrected chi connectivity index (χ3v) is 2.83. The van der Waals surface area contributed by atoms with E-state index in [1.807, 2.05) is 18.2 Å². The number of benzene rings is 1. The van der Waals surface area contributed by atoms with E-state index in [0.29, 0.717) is 5.69 Å². The van der Waals surface area contributed by atoms with Crippen molar-refractivity contribution in [1.82, 2.24) is 4.98 Å². The number of hydrogen-bond acceptors (Lipinski definition) is 2. The Balaban J connectivity index is 2.23. The smallest absolute Gasteiger partial charge is 0.272 e. The minimum absolute atomic E-state index is 0.207. The van der Waals surface area contributed by atoms with Gasteiger partial charge in [0.1, 0.15) is 5.69 Å². The zero-order valence-corrected chi connectivity index (χ0v) is 10.3. The van der Waals surface area contributed by atoms with Crippen LogP contribution in [0.2, 0.25) is 0 Å². The van der Waals surface area contributed by atoms with E-state index in [4.69, 9.17) is 0 Å². The van der Waals surface area contributed by atoms with Gasteiger partial charge in [0.15, 0.2) is 5.43 Å². The molecule has 0 atom stereocenters. The molecule has 0 saturated carbocycles. The maximum atomic E-state index is 11.8. The second kappa shape index (κ2) is 4.97. The largest absolute Gasteiger partial charge is 0.357 e. The predicted molar refractivity (Wildman–Crippen MR) is 69.2 cm³/mol. The minimum Gasteiger partial charge on any atom is -0.357 e. The molecule has 1 heterocycles. The molecule has 2 N–H and O–H groups in total. The molecule has 2 aromatic rings. The minimum atomic E-state index is -0.352. The molecule has 0 fully saturated rings. The molecule has 4 nitrogen and oxygen atoms in total. The number of amides is 1. The van der Waals surface area contributed by atoms with Gasteiger partial charge >= 0.3 is 0 Å². The number of aromatic nitrogens is 1. The van der Waals surface area contributed by atoms with Crippen LogP contribution >= 0.6 is 15.9 Å². The quantitative estimate of drug-likeness (QED) is 0.893. The summed E-state index contributed by atoms with van der Waals surface area (Å²) in [6.07, 6.45) is 1.44. The number of nitrogens with one attached hydrogen (secondary N) is 2. The molecule has 0 aliphatic heterocycles. The van der Waals surface area contributed by atoms with Gasteiger partial charge < -0.3 is 10.3 Å². The van der Waals surface area contributed by atoms with Gasteiger partial charge in [-0.3, -0.25) is 9.59 Å². The number of para-hydroxylation sites is 1. The van der Waals surface area contributed by atoms with Gasteiger partial charge in [0, 0.05) is 22.8 Å². The average molecular weight is 293 g/mol. The number of halogens is 1. The lowest BCUT2D eigenvalue weighted by molar-refractivity contribution is 0.102. The third-order valence-electron chi connectivity index (χ3n) is 2.14. The van der Waals surface area contributed by atoms with Crippen LogP contribution in [0.1, 0.15) is 10.5 Å². The molecule has 0 unspecified atom stereocenters. The van der Waals surface area contributed by atoms with Crippen LogP contribution in [0.4, 0.5) is 5.69 Å². The van der Waals surface area contributed by atoms with Crippen LogP contribution in [-0.4, -0.2) is 10.9 Å². The van der Waals surface area contributed by atoms with Crippen LogP contribution in [0.5, 0.6) is 0 Å². The molecule has 0 spiro atoms. The Morgan fingerprint density at radius 2 is 2.00 bits per heavy atom. The van der Waals surface area contributed by atoms with Crippen molar-refractivity contribution >= 4 is 27.5 Å². The molecular weight excluding hydrogens is 284 g/mol. The van der Waals surface area contributed by atoms with Gasteiger partial charge in [0.25, 0.3) is 5.91 Å². The number of anilines is 1. The number of pyridine rings is 1. The van der Waals surface area contributed by atoms with Gasteiger partial charge in [0.05, 0.1) is 5.69 Å². The summed E-state index contributed by atoms with van der Waals surface area (Å²) in [5, 5.41) is 2.70. The van der Waals surface area contributed by atoms with E-state index in [1.54, 1.807) is 6.07 Å². The Bertz CT molecular complexity index is 607. The zero-order valence-electron chi connectivity index (χ0n) is 8.74. The normalized spacial score (nSPS) is 9.94. The second-order valence-electron chi connectivity index (χ2n) is 3.37. The standard InChI is InChI=1S/C12H9BrN2O2/c13-9-3-1-2-4-10(9)15-12(17)11-7-8(16)5-6-14-11/h1-7H,(H,14,16)(H,15,17). The van der Waals surface area contributed by atoms with Crippen molar-refractivity contribution in [2.24, 2.45) is 0 Å². The van der Waals surface area contributed by atoms with E-state index in [1.165, 1.54) is 18.3 Å². The SMILES string of the molecule is O=C(Nc1ccccc1Br)c1cc(=O)cc[nH]1. The summed E-state index contributed by atoms with van der Waals surface area (Å²) in [6.45, 7) is 0.